The van der Waals surface area contributed by atoms with E-state index in [2.05, 4.69) is 20.4 Å². The van der Waals surface area contributed by atoms with Crippen molar-refractivity contribution in [1.29, 1.82) is 0 Å². The number of halogens is 3. The molecule has 0 bridgehead atoms. The first-order chi connectivity index (χ1) is 14.3. The van der Waals surface area contributed by atoms with Crippen LogP contribution in [0.25, 0.3) is 0 Å². The molecule has 0 radical (unpaired) electrons. The van der Waals surface area contributed by atoms with Crippen molar-refractivity contribution in [3.05, 3.63) is 89.7 Å². The molecule has 2 N–H and O–H groups in total. The third-order valence-electron chi connectivity index (χ3n) is 3.94. The first kappa shape index (κ1) is 20.8. The first-order valence-electron chi connectivity index (χ1n) is 8.75. The van der Waals surface area contributed by atoms with E-state index in [1.54, 1.807) is 36.5 Å². The summed E-state index contributed by atoms with van der Waals surface area (Å²) in [5.74, 6) is -1.30. The highest BCUT2D eigenvalue weighted by atomic mass is 19.4. The zero-order valence-electron chi connectivity index (χ0n) is 15.4. The van der Waals surface area contributed by atoms with Crippen molar-refractivity contribution in [2.24, 2.45) is 0 Å². The molecule has 0 unspecified atom stereocenters. The number of carbonyl (C=O) groups excluding carboxylic acids is 2. The van der Waals surface area contributed by atoms with Crippen LogP contribution >= 0.6 is 0 Å². The number of amides is 2. The molecular formula is C21H16F3N3O3. The Kier molecular flexibility index (Phi) is 6.31. The summed E-state index contributed by atoms with van der Waals surface area (Å²) < 4.78 is 41.5. The number of nitrogens with zero attached hydrogens (tertiary/aromatic N) is 1. The molecule has 3 rings (SSSR count). The summed E-state index contributed by atoms with van der Waals surface area (Å²) in [4.78, 5) is 28.5. The van der Waals surface area contributed by atoms with Gasteiger partial charge in [-0.15, -0.1) is 13.2 Å². The Hall–Kier alpha value is -3.88. The summed E-state index contributed by atoms with van der Waals surface area (Å²) in [5, 5.41) is 5.20. The van der Waals surface area contributed by atoms with Gasteiger partial charge < -0.3 is 15.4 Å². The minimum Gasteiger partial charge on any atom is -0.405 e. The molecule has 0 aliphatic carbocycles. The predicted molar refractivity (Wildman–Crippen MR) is 103 cm³/mol. The van der Waals surface area contributed by atoms with Gasteiger partial charge in [0.05, 0.1) is 5.56 Å². The fourth-order valence-corrected chi connectivity index (χ4v) is 2.59. The lowest BCUT2D eigenvalue weighted by molar-refractivity contribution is -0.274. The molecule has 0 aliphatic heterocycles. The molecule has 0 spiro atoms. The fraction of sp³-hybridized carbons (Fsp3) is 0.0952. The number of anilines is 1. The Bertz CT molecular complexity index is 1040. The smallest absolute Gasteiger partial charge is 0.405 e. The zero-order chi connectivity index (χ0) is 21.6. The van der Waals surface area contributed by atoms with E-state index in [4.69, 9.17) is 0 Å². The molecule has 2 amide bonds. The summed E-state index contributed by atoms with van der Waals surface area (Å²) in [7, 11) is 0. The number of para-hydroxylation sites is 1. The second-order valence-electron chi connectivity index (χ2n) is 6.11. The van der Waals surface area contributed by atoms with E-state index in [0.717, 1.165) is 0 Å². The van der Waals surface area contributed by atoms with Gasteiger partial charge in [0.2, 0.25) is 0 Å². The summed E-state index contributed by atoms with van der Waals surface area (Å²) in [6.45, 7) is -0.169. The van der Waals surface area contributed by atoms with E-state index < -0.39 is 12.3 Å². The molecule has 0 saturated heterocycles. The van der Waals surface area contributed by atoms with Crippen LogP contribution in [0.2, 0.25) is 0 Å². The topological polar surface area (TPSA) is 80.3 Å². The maximum absolute atomic E-state index is 12.5. The fourth-order valence-electron chi connectivity index (χ4n) is 2.59. The highest BCUT2D eigenvalue weighted by molar-refractivity contribution is 6.04. The molecule has 0 saturated carbocycles. The van der Waals surface area contributed by atoms with Crippen LogP contribution in [0.1, 0.15) is 26.3 Å². The highest BCUT2D eigenvalue weighted by Gasteiger charge is 2.32. The number of aromatic nitrogens is 1. The molecule has 9 heteroatoms. The van der Waals surface area contributed by atoms with E-state index in [1.807, 2.05) is 0 Å². The van der Waals surface area contributed by atoms with Crippen LogP contribution in [0.3, 0.4) is 0 Å². The Morgan fingerprint density at radius 1 is 0.933 bits per heavy atom. The van der Waals surface area contributed by atoms with Crippen molar-refractivity contribution in [3.63, 3.8) is 0 Å². The quantitative estimate of drug-likeness (QED) is 0.634. The van der Waals surface area contributed by atoms with Crippen molar-refractivity contribution in [2.45, 2.75) is 12.9 Å². The number of hydrogen-bond donors (Lipinski definition) is 2. The number of pyridine rings is 1. The minimum absolute atomic E-state index is 0.169. The van der Waals surface area contributed by atoms with Crippen LogP contribution in [0.15, 0.2) is 73.1 Å². The van der Waals surface area contributed by atoms with Crippen molar-refractivity contribution < 1.29 is 27.5 Å². The number of benzene rings is 2. The molecule has 1 heterocycles. The average molecular weight is 415 g/mol. The van der Waals surface area contributed by atoms with E-state index in [1.165, 1.54) is 36.5 Å². The molecule has 3 aromatic rings. The number of hydrogen-bond acceptors (Lipinski definition) is 4. The molecule has 0 fully saturated rings. The van der Waals surface area contributed by atoms with Gasteiger partial charge in [-0.3, -0.25) is 14.6 Å². The van der Waals surface area contributed by atoms with Crippen molar-refractivity contribution in [3.8, 4) is 5.75 Å². The van der Waals surface area contributed by atoms with Gasteiger partial charge in [0.15, 0.2) is 0 Å². The summed E-state index contributed by atoms with van der Waals surface area (Å²) in [5.41, 5.74) is 1.14. The monoisotopic (exact) mass is 415 g/mol. The largest absolute Gasteiger partial charge is 0.573 e. The zero-order valence-corrected chi connectivity index (χ0v) is 15.4. The van der Waals surface area contributed by atoms with Gasteiger partial charge >= 0.3 is 6.36 Å². The van der Waals surface area contributed by atoms with Crippen LogP contribution in [0.5, 0.6) is 5.75 Å². The second-order valence-corrected chi connectivity index (χ2v) is 6.11. The van der Waals surface area contributed by atoms with Crippen LogP contribution in [-0.4, -0.2) is 23.2 Å². The molecular weight excluding hydrogens is 399 g/mol. The van der Waals surface area contributed by atoms with E-state index >= 15 is 0 Å². The number of nitrogens with one attached hydrogen (secondary N) is 2. The highest BCUT2D eigenvalue weighted by Crippen LogP contribution is 2.26. The molecule has 30 heavy (non-hydrogen) atoms. The van der Waals surface area contributed by atoms with Gasteiger partial charge in [-0.1, -0.05) is 24.3 Å². The van der Waals surface area contributed by atoms with E-state index in [9.17, 15) is 22.8 Å². The van der Waals surface area contributed by atoms with Crippen LogP contribution < -0.4 is 15.4 Å². The lowest BCUT2D eigenvalue weighted by atomic mass is 10.1. The first-order valence-corrected chi connectivity index (χ1v) is 8.75. The maximum atomic E-state index is 12.5. The molecule has 2 aromatic carbocycles. The Labute approximate surface area is 169 Å². The van der Waals surface area contributed by atoms with Crippen LogP contribution in [0.4, 0.5) is 18.9 Å². The molecule has 1 aromatic heterocycles. The van der Waals surface area contributed by atoms with Crippen molar-refractivity contribution in [2.75, 3.05) is 5.32 Å². The molecule has 154 valence electrons. The Morgan fingerprint density at radius 2 is 1.70 bits per heavy atom. The minimum atomic E-state index is -4.83. The number of alkyl halides is 3. The summed E-state index contributed by atoms with van der Waals surface area (Å²) in [6, 6.07) is 14.9. The third-order valence-corrected chi connectivity index (χ3v) is 3.94. The Morgan fingerprint density at radius 3 is 2.43 bits per heavy atom. The summed E-state index contributed by atoms with van der Waals surface area (Å²) in [6.07, 6.45) is -1.88. The maximum Gasteiger partial charge on any atom is 0.573 e. The lowest BCUT2D eigenvalue weighted by Gasteiger charge is -2.14. The lowest BCUT2D eigenvalue weighted by Crippen LogP contribution is -2.24. The van der Waals surface area contributed by atoms with Crippen LogP contribution in [0, 0.1) is 0 Å². The van der Waals surface area contributed by atoms with E-state index in [-0.39, 0.29) is 29.3 Å². The van der Waals surface area contributed by atoms with Crippen molar-refractivity contribution >= 4 is 17.5 Å². The standard InChI is InChI=1S/C21H16F3N3O3/c22-21(23,24)30-18-9-2-1-5-15(18)13-26-19(28)14-6-3-8-17(11-14)27-20(29)16-7-4-10-25-12-16/h1-12H,13H2,(H,26,28)(H,27,29). The molecule has 0 atom stereocenters. The molecule has 0 aliphatic rings. The third kappa shape index (κ3) is 5.81. The predicted octanol–water partition coefficient (Wildman–Crippen LogP) is 4.16. The second kappa shape index (κ2) is 9.08. The SMILES string of the molecule is O=C(NCc1ccccc1OC(F)(F)F)c1cccc(NC(=O)c2cccnc2)c1. The normalized spacial score (nSPS) is 10.9. The summed E-state index contributed by atoms with van der Waals surface area (Å²) >= 11 is 0. The van der Waals surface area contributed by atoms with Gasteiger partial charge in [-0.25, -0.2) is 0 Å². The van der Waals surface area contributed by atoms with E-state index in [0.29, 0.717) is 11.3 Å². The van der Waals surface area contributed by atoms with Crippen molar-refractivity contribution in [1.82, 2.24) is 10.3 Å². The van der Waals surface area contributed by atoms with Gasteiger partial charge in [0, 0.05) is 35.8 Å². The number of ether oxygens (including phenoxy) is 1. The van der Waals surface area contributed by atoms with Crippen LogP contribution in [-0.2, 0) is 6.54 Å². The van der Waals surface area contributed by atoms with Gasteiger partial charge in [0.25, 0.3) is 11.8 Å². The number of rotatable bonds is 6. The molecule has 6 nitrogen and oxygen atoms in total. The number of carbonyl (C=O) groups is 2. The van der Waals surface area contributed by atoms with Gasteiger partial charge in [-0.05, 0) is 36.4 Å². The average Bonchev–Trinajstić information content (AvgIpc) is 2.72. The van der Waals surface area contributed by atoms with Gasteiger partial charge in [0.1, 0.15) is 5.75 Å². The van der Waals surface area contributed by atoms with Gasteiger partial charge in [-0.2, -0.15) is 0 Å². The Balaban J connectivity index is 1.66.